The number of nitrogens with one attached hydrogen (secondary N) is 2. The van der Waals surface area contributed by atoms with Crippen molar-refractivity contribution in [2.45, 2.75) is 19.9 Å². The number of thiazole rings is 1. The summed E-state index contributed by atoms with van der Waals surface area (Å²) in [6.45, 7) is 3.84. The van der Waals surface area contributed by atoms with Gasteiger partial charge in [0.05, 0.1) is 16.7 Å². The molecular formula is C13H14ClN3OS. The maximum atomic E-state index is 11.8. The minimum atomic E-state index is -0.263. The smallest absolute Gasteiger partial charge is 0.319 e. The maximum absolute atomic E-state index is 11.8. The first-order valence-electron chi connectivity index (χ1n) is 5.79. The van der Waals surface area contributed by atoms with E-state index in [4.69, 9.17) is 11.6 Å². The van der Waals surface area contributed by atoms with Crippen molar-refractivity contribution >= 4 is 34.7 Å². The first-order valence-corrected chi connectivity index (χ1v) is 7.05. The van der Waals surface area contributed by atoms with Crippen LogP contribution in [0.25, 0.3) is 0 Å². The van der Waals surface area contributed by atoms with E-state index in [1.165, 1.54) is 0 Å². The van der Waals surface area contributed by atoms with Crippen molar-refractivity contribution in [3.63, 3.8) is 0 Å². The number of carbonyl (C=O) groups excluding carboxylic acids is 1. The number of halogens is 1. The minimum Gasteiger partial charge on any atom is -0.330 e. The van der Waals surface area contributed by atoms with Crippen molar-refractivity contribution in [3.8, 4) is 0 Å². The Balaban J connectivity index is 1.92. The van der Waals surface area contributed by atoms with Crippen LogP contribution >= 0.6 is 22.9 Å². The van der Waals surface area contributed by atoms with Crippen LogP contribution in [0.5, 0.6) is 0 Å². The van der Waals surface area contributed by atoms with Gasteiger partial charge in [0.25, 0.3) is 0 Å². The molecule has 0 fully saturated rings. The lowest BCUT2D eigenvalue weighted by Crippen LogP contribution is -2.31. The van der Waals surface area contributed by atoms with Gasteiger partial charge in [0.15, 0.2) is 0 Å². The minimum absolute atomic E-state index is 0.128. The zero-order valence-electron chi connectivity index (χ0n) is 10.6. The van der Waals surface area contributed by atoms with Gasteiger partial charge < -0.3 is 10.6 Å². The molecule has 1 aromatic carbocycles. The summed E-state index contributed by atoms with van der Waals surface area (Å²) in [5, 5.41) is 9.15. The first-order chi connectivity index (χ1) is 9.04. The molecule has 6 heteroatoms. The topological polar surface area (TPSA) is 54.0 Å². The van der Waals surface area contributed by atoms with E-state index in [9.17, 15) is 4.79 Å². The fourth-order valence-corrected chi connectivity index (χ4v) is 2.38. The zero-order valence-corrected chi connectivity index (χ0v) is 12.2. The van der Waals surface area contributed by atoms with E-state index in [-0.39, 0.29) is 12.1 Å². The van der Waals surface area contributed by atoms with E-state index in [1.54, 1.807) is 35.6 Å². The Labute approximate surface area is 120 Å². The highest BCUT2D eigenvalue weighted by Gasteiger charge is 2.12. The maximum Gasteiger partial charge on any atom is 0.319 e. The Kier molecular flexibility index (Phi) is 4.39. The van der Waals surface area contributed by atoms with Gasteiger partial charge in [-0.3, -0.25) is 0 Å². The van der Waals surface area contributed by atoms with Crippen molar-refractivity contribution < 1.29 is 4.79 Å². The molecule has 0 saturated carbocycles. The Morgan fingerprint density at radius 1 is 1.37 bits per heavy atom. The summed E-state index contributed by atoms with van der Waals surface area (Å²) in [5.41, 5.74) is 1.57. The van der Waals surface area contributed by atoms with Crippen LogP contribution in [0.4, 0.5) is 10.5 Å². The molecule has 0 spiro atoms. The Hall–Kier alpha value is -1.59. The number of carbonyl (C=O) groups is 1. The van der Waals surface area contributed by atoms with E-state index in [0.717, 1.165) is 10.7 Å². The highest BCUT2D eigenvalue weighted by molar-refractivity contribution is 7.09. The van der Waals surface area contributed by atoms with Crippen LogP contribution in [-0.2, 0) is 0 Å². The predicted molar refractivity (Wildman–Crippen MR) is 78.9 cm³/mol. The zero-order chi connectivity index (χ0) is 13.8. The summed E-state index contributed by atoms with van der Waals surface area (Å²) >= 11 is 7.35. The fraction of sp³-hybridized carbons (Fsp3) is 0.231. The largest absolute Gasteiger partial charge is 0.330 e. The summed E-state index contributed by atoms with van der Waals surface area (Å²) in [6, 6.07) is 6.56. The van der Waals surface area contributed by atoms with Crippen molar-refractivity contribution in [2.75, 3.05) is 5.32 Å². The molecular weight excluding hydrogens is 282 g/mol. The lowest BCUT2D eigenvalue weighted by atomic mass is 10.2. The van der Waals surface area contributed by atoms with Crippen molar-refractivity contribution in [2.24, 2.45) is 0 Å². The summed E-state index contributed by atoms with van der Waals surface area (Å²) in [5.74, 6) is 0. The third kappa shape index (κ3) is 3.94. The van der Waals surface area contributed by atoms with E-state index in [0.29, 0.717) is 10.7 Å². The Morgan fingerprint density at radius 2 is 2.05 bits per heavy atom. The number of rotatable bonds is 3. The highest BCUT2D eigenvalue weighted by Crippen LogP contribution is 2.16. The molecule has 0 aliphatic carbocycles. The average Bonchev–Trinajstić information content (AvgIpc) is 2.79. The fourth-order valence-electron chi connectivity index (χ4n) is 1.55. The number of aryl methyl sites for hydroxylation is 1. The van der Waals surface area contributed by atoms with Crippen LogP contribution in [-0.4, -0.2) is 11.0 Å². The third-order valence-electron chi connectivity index (χ3n) is 2.53. The monoisotopic (exact) mass is 295 g/mol. The van der Waals surface area contributed by atoms with Gasteiger partial charge in [-0.15, -0.1) is 11.3 Å². The van der Waals surface area contributed by atoms with Gasteiger partial charge in [0.1, 0.15) is 0 Å². The molecule has 0 saturated heterocycles. The number of urea groups is 1. The predicted octanol–water partition coefficient (Wildman–Crippen LogP) is 3.99. The van der Waals surface area contributed by atoms with Crippen LogP contribution in [0.15, 0.2) is 29.6 Å². The van der Waals surface area contributed by atoms with Gasteiger partial charge in [-0.05, 0) is 38.1 Å². The molecule has 0 aliphatic heterocycles. The SMILES string of the molecule is Cc1nc(C(C)NC(=O)Nc2ccc(Cl)cc2)cs1. The van der Waals surface area contributed by atoms with E-state index < -0.39 is 0 Å². The summed E-state index contributed by atoms with van der Waals surface area (Å²) in [4.78, 5) is 16.1. The van der Waals surface area contributed by atoms with Crippen LogP contribution in [0, 0.1) is 6.92 Å². The van der Waals surface area contributed by atoms with Crippen LogP contribution in [0.2, 0.25) is 5.02 Å². The van der Waals surface area contributed by atoms with E-state index >= 15 is 0 Å². The van der Waals surface area contributed by atoms with Gasteiger partial charge in [-0.2, -0.15) is 0 Å². The van der Waals surface area contributed by atoms with Crippen LogP contribution in [0.1, 0.15) is 23.7 Å². The number of hydrogen-bond acceptors (Lipinski definition) is 3. The molecule has 1 atom stereocenters. The molecule has 2 amide bonds. The quantitative estimate of drug-likeness (QED) is 0.899. The second kappa shape index (κ2) is 6.04. The molecule has 1 heterocycles. The molecule has 1 aromatic heterocycles. The third-order valence-corrected chi connectivity index (χ3v) is 3.57. The lowest BCUT2D eigenvalue weighted by Gasteiger charge is -2.12. The first kappa shape index (κ1) is 13.8. The standard InChI is InChI=1S/C13H14ClN3OS/c1-8(12-7-19-9(2)16-12)15-13(18)17-11-5-3-10(14)4-6-11/h3-8H,1-2H3,(H2,15,17,18). The van der Waals surface area contributed by atoms with Crippen molar-refractivity contribution in [1.29, 1.82) is 0 Å². The molecule has 19 heavy (non-hydrogen) atoms. The summed E-state index contributed by atoms with van der Waals surface area (Å²) in [7, 11) is 0. The number of nitrogens with zero attached hydrogens (tertiary/aromatic N) is 1. The van der Waals surface area contributed by atoms with Gasteiger partial charge in [-0.25, -0.2) is 9.78 Å². The molecule has 2 N–H and O–H groups in total. The van der Waals surface area contributed by atoms with Gasteiger partial charge in [0, 0.05) is 16.1 Å². The number of amides is 2. The molecule has 0 aliphatic rings. The number of hydrogen-bond donors (Lipinski definition) is 2. The van der Waals surface area contributed by atoms with Crippen molar-refractivity contribution in [3.05, 3.63) is 45.4 Å². The number of anilines is 1. The average molecular weight is 296 g/mol. The highest BCUT2D eigenvalue weighted by atomic mass is 35.5. The van der Waals surface area contributed by atoms with Gasteiger partial charge in [0.2, 0.25) is 0 Å². The van der Waals surface area contributed by atoms with Crippen LogP contribution < -0.4 is 10.6 Å². The normalized spacial score (nSPS) is 11.9. The van der Waals surface area contributed by atoms with Gasteiger partial charge in [-0.1, -0.05) is 11.6 Å². The molecule has 4 nitrogen and oxygen atoms in total. The lowest BCUT2D eigenvalue weighted by molar-refractivity contribution is 0.249. The Morgan fingerprint density at radius 3 is 2.63 bits per heavy atom. The van der Waals surface area contributed by atoms with Crippen LogP contribution in [0.3, 0.4) is 0 Å². The summed E-state index contributed by atoms with van der Waals surface area (Å²) < 4.78 is 0. The Bertz CT molecular complexity index is 568. The molecule has 100 valence electrons. The number of aromatic nitrogens is 1. The molecule has 0 radical (unpaired) electrons. The number of benzene rings is 1. The summed E-state index contributed by atoms with van der Waals surface area (Å²) in [6.07, 6.45) is 0. The molecule has 2 rings (SSSR count). The van der Waals surface area contributed by atoms with Crippen molar-refractivity contribution in [1.82, 2.24) is 10.3 Å². The van der Waals surface area contributed by atoms with E-state index in [1.807, 2.05) is 19.2 Å². The molecule has 2 aromatic rings. The second-order valence-corrected chi connectivity index (χ2v) is 5.62. The molecule has 1 unspecified atom stereocenters. The second-order valence-electron chi connectivity index (χ2n) is 4.12. The molecule has 0 bridgehead atoms. The van der Waals surface area contributed by atoms with E-state index in [2.05, 4.69) is 15.6 Å². The van der Waals surface area contributed by atoms with Gasteiger partial charge >= 0.3 is 6.03 Å².